The molecule has 3 rings (SSSR count). The van der Waals surface area contributed by atoms with E-state index < -0.39 is 0 Å². The minimum atomic E-state index is -0.0318. The van der Waals surface area contributed by atoms with E-state index in [4.69, 9.17) is 4.74 Å². The topological polar surface area (TPSA) is 51.0 Å². The van der Waals surface area contributed by atoms with Crippen molar-refractivity contribution in [3.8, 4) is 11.5 Å². The number of allylic oxidation sites excluding steroid dienone is 1. The number of carbonyl (C=O) groups excluding carboxylic acids is 1. The minimum Gasteiger partial charge on any atom is -0.508 e. The van der Waals surface area contributed by atoms with Gasteiger partial charge in [0.25, 0.3) is 0 Å². The molecule has 2 aromatic carbocycles. The van der Waals surface area contributed by atoms with Crippen LogP contribution in [0.5, 0.6) is 11.5 Å². The first kappa shape index (κ1) is 18.2. The molecule has 0 spiro atoms. The van der Waals surface area contributed by atoms with Gasteiger partial charge in [-0.25, -0.2) is 0 Å². The first-order valence-electron chi connectivity index (χ1n) is 9.17. The quantitative estimate of drug-likeness (QED) is 0.621. The molecule has 136 valence electrons. The third-order valence-electron chi connectivity index (χ3n) is 4.89. The fourth-order valence-electron chi connectivity index (χ4n) is 3.42. The number of hydrogen-bond acceptors (Lipinski definition) is 3. The van der Waals surface area contributed by atoms with Crippen LogP contribution in [0.1, 0.15) is 40.7 Å². The Hall–Kier alpha value is -2.59. The molecule has 0 radical (unpaired) electrons. The summed E-state index contributed by atoms with van der Waals surface area (Å²) in [7, 11) is 1.68. The van der Waals surface area contributed by atoms with E-state index in [0.29, 0.717) is 5.56 Å². The van der Waals surface area contributed by atoms with Gasteiger partial charge in [0.2, 0.25) is 0 Å². The Morgan fingerprint density at radius 3 is 2.54 bits per heavy atom. The predicted molar refractivity (Wildman–Crippen MR) is 103 cm³/mol. The number of methoxy groups -OCH3 is 1. The number of aromatic hydroxyl groups is 1. The van der Waals surface area contributed by atoms with Crippen molar-refractivity contribution in [2.45, 2.75) is 25.8 Å². The van der Waals surface area contributed by atoms with Crippen molar-refractivity contribution in [3.63, 3.8) is 0 Å². The number of likely N-dealkylation sites (tertiary alicyclic amines) is 1. The third-order valence-corrected chi connectivity index (χ3v) is 4.89. The lowest BCUT2D eigenvalue weighted by molar-refractivity contribution is -0.918. The molecule has 1 fully saturated rings. The van der Waals surface area contributed by atoms with Crippen LogP contribution >= 0.6 is 0 Å². The zero-order chi connectivity index (χ0) is 18.4. The third kappa shape index (κ3) is 4.73. The molecule has 1 aliphatic heterocycles. The molecule has 1 saturated heterocycles. The summed E-state index contributed by atoms with van der Waals surface area (Å²) >= 11 is 0. The normalized spacial score (nSPS) is 15.3. The highest BCUT2D eigenvalue weighted by molar-refractivity contribution is 6.07. The molecule has 1 heterocycles. The second-order valence-corrected chi connectivity index (χ2v) is 6.80. The van der Waals surface area contributed by atoms with Gasteiger partial charge in [0, 0.05) is 11.1 Å². The van der Waals surface area contributed by atoms with Gasteiger partial charge < -0.3 is 14.7 Å². The Balaban J connectivity index is 1.75. The average molecular weight is 352 g/mol. The molecule has 2 aromatic rings. The fraction of sp³-hybridized carbons (Fsp3) is 0.318. The molecule has 0 unspecified atom stereocenters. The average Bonchev–Trinajstić information content (AvgIpc) is 2.68. The van der Waals surface area contributed by atoms with Gasteiger partial charge >= 0.3 is 0 Å². The molecule has 0 aromatic heterocycles. The highest BCUT2D eigenvalue weighted by Crippen LogP contribution is 2.20. The van der Waals surface area contributed by atoms with E-state index in [-0.39, 0.29) is 11.5 Å². The predicted octanol–water partition coefficient (Wildman–Crippen LogP) is 2.87. The van der Waals surface area contributed by atoms with Gasteiger partial charge in [-0.05, 0) is 61.2 Å². The number of ether oxygens (including phenoxy) is 1. The fourth-order valence-corrected chi connectivity index (χ4v) is 3.42. The number of phenols is 1. The number of rotatable bonds is 6. The van der Waals surface area contributed by atoms with Gasteiger partial charge in [-0.3, -0.25) is 4.79 Å². The summed E-state index contributed by atoms with van der Waals surface area (Å²) in [5.41, 5.74) is 2.64. The molecule has 0 saturated carbocycles. The lowest BCUT2D eigenvalue weighted by atomic mass is 10.0. The monoisotopic (exact) mass is 352 g/mol. The van der Waals surface area contributed by atoms with Crippen LogP contribution in [0.25, 0.3) is 6.08 Å². The van der Waals surface area contributed by atoms with E-state index >= 15 is 0 Å². The van der Waals surface area contributed by atoms with E-state index in [9.17, 15) is 9.90 Å². The number of quaternary nitrogens is 1. The Kier molecular flexibility index (Phi) is 6.08. The van der Waals surface area contributed by atoms with Gasteiger partial charge in [-0.2, -0.15) is 0 Å². The van der Waals surface area contributed by atoms with Crippen LogP contribution in [-0.4, -0.2) is 31.1 Å². The molecule has 2 N–H and O–H groups in total. The van der Waals surface area contributed by atoms with E-state index in [1.807, 2.05) is 18.2 Å². The summed E-state index contributed by atoms with van der Waals surface area (Å²) in [6, 6.07) is 12.4. The summed E-state index contributed by atoms with van der Waals surface area (Å²) in [5, 5.41) is 9.32. The lowest BCUT2D eigenvalue weighted by Crippen LogP contribution is -3.11. The largest absolute Gasteiger partial charge is 0.508 e. The Labute approximate surface area is 154 Å². The summed E-state index contributed by atoms with van der Waals surface area (Å²) in [6.45, 7) is 3.26. The Bertz CT molecular complexity index is 774. The first-order valence-corrected chi connectivity index (χ1v) is 9.17. The van der Waals surface area contributed by atoms with Crippen LogP contribution in [-0.2, 0) is 6.54 Å². The number of phenolic OH excluding ortho intramolecular Hbond substituents is 1. The van der Waals surface area contributed by atoms with E-state index in [1.54, 1.807) is 48.4 Å². The summed E-state index contributed by atoms with van der Waals surface area (Å²) in [5.74, 6) is 1.03. The van der Waals surface area contributed by atoms with Crippen molar-refractivity contribution in [1.82, 2.24) is 0 Å². The maximum absolute atomic E-state index is 12.5. The standard InChI is InChI=1S/C22H25NO3/c1-26-22-12-8-18(15-19(22)16-23-13-3-2-4-14-23)21(25)11-7-17-5-9-20(24)10-6-17/h5-12,15,24H,2-4,13-14,16H2,1H3/p+1/b11-7+. The molecule has 0 aliphatic carbocycles. The molecule has 4 nitrogen and oxygen atoms in total. The van der Waals surface area contributed by atoms with Crippen LogP contribution in [0.2, 0.25) is 0 Å². The van der Waals surface area contributed by atoms with Crippen LogP contribution in [0.15, 0.2) is 48.5 Å². The zero-order valence-electron chi connectivity index (χ0n) is 15.2. The van der Waals surface area contributed by atoms with E-state index in [2.05, 4.69) is 0 Å². The SMILES string of the molecule is COc1ccc(C(=O)/C=C/c2ccc(O)cc2)cc1C[NH+]1CCCCC1. The first-order chi connectivity index (χ1) is 12.7. The van der Waals surface area contributed by atoms with Crippen molar-refractivity contribution < 1.29 is 19.5 Å². The van der Waals surface area contributed by atoms with Crippen LogP contribution in [0.4, 0.5) is 0 Å². The van der Waals surface area contributed by atoms with Gasteiger partial charge in [-0.1, -0.05) is 18.2 Å². The number of benzene rings is 2. The van der Waals surface area contributed by atoms with Crippen LogP contribution in [0.3, 0.4) is 0 Å². The Morgan fingerprint density at radius 2 is 1.85 bits per heavy atom. The molecule has 1 aliphatic rings. The zero-order valence-corrected chi connectivity index (χ0v) is 15.2. The highest BCUT2D eigenvalue weighted by atomic mass is 16.5. The van der Waals surface area contributed by atoms with Crippen LogP contribution < -0.4 is 9.64 Å². The number of hydrogen-bond donors (Lipinski definition) is 2. The number of nitrogens with one attached hydrogen (secondary N) is 1. The highest BCUT2D eigenvalue weighted by Gasteiger charge is 2.17. The number of piperidine rings is 1. The molecular weight excluding hydrogens is 326 g/mol. The van der Waals surface area contributed by atoms with Crippen molar-refractivity contribution >= 4 is 11.9 Å². The van der Waals surface area contributed by atoms with Gasteiger partial charge in [0.15, 0.2) is 5.78 Å². The van der Waals surface area contributed by atoms with Crippen molar-refractivity contribution in [3.05, 3.63) is 65.2 Å². The number of ketones is 1. The second-order valence-electron chi connectivity index (χ2n) is 6.80. The van der Waals surface area contributed by atoms with Crippen LogP contribution in [0, 0.1) is 0 Å². The Morgan fingerprint density at radius 1 is 1.12 bits per heavy atom. The maximum Gasteiger partial charge on any atom is 0.185 e. The van der Waals surface area contributed by atoms with Gasteiger partial charge in [0.1, 0.15) is 18.0 Å². The molecule has 0 atom stereocenters. The van der Waals surface area contributed by atoms with Gasteiger partial charge in [0.05, 0.1) is 20.2 Å². The van der Waals surface area contributed by atoms with E-state index in [0.717, 1.165) is 23.4 Å². The van der Waals surface area contributed by atoms with Crippen molar-refractivity contribution in [1.29, 1.82) is 0 Å². The summed E-state index contributed by atoms with van der Waals surface area (Å²) in [6.07, 6.45) is 7.20. The lowest BCUT2D eigenvalue weighted by Gasteiger charge is -2.24. The summed E-state index contributed by atoms with van der Waals surface area (Å²) < 4.78 is 5.50. The summed E-state index contributed by atoms with van der Waals surface area (Å²) in [4.78, 5) is 14.1. The maximum atomic E-state index is 12.5. The molecular formula is C22H26NO3+. The molecule has 4 heteroatoms. The second kappa shape index (κ2) is 8.68. The molecule has 0 bridgehead atoms. The van der Waals surface area contributed by atoms with Gasteiger partial charge in [-0.15, -0.1) is 0 Å². The van der Waals surface area contributed by atoms with Crippen molar-refractivity contribution in [2.24, 2.45) is 0 Å². The molecule has 0 amide bonds. The minimum absolute atomic E-state index is 0.0318. The smallest absolute Gasteiger partial charge is 0.185 e. The number of carbonyl (C=O) groups is 1. The molecule has 26 heavy (non-hydrogen) atoms. The van der Waals surface area contributed by atoms with Crippen molar-refractivity contribution in [2.75, 3.05) is 20.2 Å². The van der Waals surface area contributed by atoms with E-state index in [1.165, 1.54) is 32.4 Å².